The second-order valence-electron chi connectivity index (χ2n) is 4.25. The first-order chi connectivity index (χ1) is 10.2. The standard InChI is InChI=1S/C13H16N4O3S/c1-14-13(21)16(7-8-18)9-11-12(19)20-15-17(11)10-5-3-2-4-6-10/h2-6,18H,7-9H2,1H3,(H-,14,15,19,21). The van der Waals surface area contributed by atoms with Gasteiger partial charge in [0, 0.05) is 25.7 Å². The van der Waals surface area contributed by atoms with E-state index in [9.17, 15) is 5.11 Å². The lowest BCUT2D eigenvalue weighted by atomic mass is 10.3. The van der Waals surface area contributed by atoms with Gasteiger partial charge in [-0.2, -0.15) is 0 Å². The van der Waals surface area contributed by atoms with Crippen LogP contribution in [0.25, 0.3) is 5.69 Å². The molecule has 0 bridgehead atoms. The van der Waals surface area contributed by atoms with Crippen molar-refractivity contribution in [3.05, 3.63) is 36.0 Å². The van der Waals surface area contributed by atoms with Gasteiger partial charge in [0.2, 0.25) is 5.69 Å². The Balaban J connectivity index is 2.31. The van der Waals surface area contributed by atoms with Crippen molar-refractivity contribution in [2.24, 2.45) is 0 Å². The highest BCUT2D eigenvalue weighted by atomic mass is 32.1. The van der Waals surface area contributed by atoms with E-state index in [0.29, 0.717) is 17.4 Å². The fourth-order valence-corrected chi connectivity index (χ4v) is 2.04. The molecule has 1 aromatic carbocycles. The zero-order valence-corrected chi connectivity index (χ0v) is 12.3. The third kappa shape index (κ3) is 3.47. The van der Waals surface area contributed by atoms with E-state index in [-0.39, 0.29) is 13.2 Å². The first-order valence-electron chi connectivity index (χ1n) is 6.38. The lowest BCUT2D eigenvalue weighted by molar-refractivity contribution is -0.678. The van der Waals surface area contributed by atoms with Crippen LogP contribution in [0.2, 0.25) is 0 Å². The second-order valence-corrected chi connectivity index (χ2v) is 4.64. The van der Waals surface area contributed by atoms with Crippen molar-refractivity contribution >= 4 is 17.3 Å². The Morgan fingerprint density at radius 2 is 2.19 bits per heavy atom. The molecule has 0 aliphatic carbocycles. The van der Waals surface area contributed by atoms with Crippen LogP contribution in [0.15, 0.2) is 34.9 Å². The van der Waals surface area contributed by atoms with Gasteiger partial charge in [-0.3, -0.25) is 0 Å². The average molecular weight is 308 g/mol. The Morgan fingerprint density at radius 1 is 1.48 bits per heavy atom. The Labute approximate surface area is 127 Å². The fourth-order valence-electron chi connectivity index (χ4n) is 1.88. The van der Waals surface area contributed by atoms with E-state index in [1.54, 1.807) is 11.9 Å². The van der Waals surface area contributed by atoms with Crippen LogP contribution in [0.3, 0.4) is 0 Å². The maximum atomic E-state index is 11.9. The number of benzene rings is 1. The van der Waals surface area contributed by atoms with Crippen molar-refractivity contribution in [2.75, 3.05) is 20.2 Å². The molecule has 0 radical (unpaired) electrons. The predicted octanol–water partition coefficient (Wildman–Crippen LogP) is -0.676. The van der Waals surface area contributed by atoms with Crippen molar-refractivity contribution in [3.8, 4) is 11.6 Å². The van der Waals surface area contributed by atoms with Crippen molar-refractivity contribution in [3.63, 3.8) is 0 Å². The number of hydrogen-bond acceptors (Lipinski definition) is 5. The van der Waals surface area contributed by atoms with Gasteiger partial charge >= 0.3 is 0 Å². The molecule has 0 saturated carbocycles. The van der Waals surface area contributed by atoms with Gasteiger partial charge in [-0.1, -0.05) is 18.2 Å². The van der Waals surface area contributed by atoms with Crippen LogP contribution in [-0.2, 0) is 6.54 Å². The number of thiocarbonyl (C=S) groups is 1. The largest absolute Gasteiger partial charge is 0.539 e. The summed E-state index contributed by atoms with van der Waals surface area (Å²) in [5.74, 6) is -0.527. The topological polar surface area (TPSA) is 88.5 Å². The minimum atomic E-state index is -0.527. The minimum Gasteiger partial charge on any atom is -0.539 e. The molecule has 0 aliphatic rings. The molecule has 21 heavy (non-hydrogen) atoms. The van der Waals surface area contributed by atoms with Gasteiger partial charge in [0.1, 0.15) is 6.54 Å². The van der Waals surface area contributed by atoms with E-state index >= 15 is 0 Å². The highest BCUT2D eigenvalue weighted by Gasteiger charge is 2.23. The predicted molar refractivity (Wildman–Crippen MR) is 76.6 cm³/mol. The number of rotatable bonds is 5. The van der Waals surface area contributed by atoms with Crippen molar-refractivity contribution in [2.45, 2.75) is 6.54 Å². The first-order valence-corrected chi connectivity index (χ1v) is 6.79. The fraction of sp³-hybridized carbons (Fsp3) is 0.308. The van der Waals surface area contributed by atoms with Gasteiger partial charge in [-0.15, -0.1) is 0 Å². The lowest BCUT2D eigenvalue weighted by Crippen LogP contribution is -2.44. The summed E-state index contributed by atoms with van der Waals surface area (Å²) in [4.78, 5) is 1.67. The van der Waals surface area contributed by atoms with Crippen molar-refractivity contribution in [1.29, 1.82) is 0 Å². The zero-order chi connectivity index (χ0) is 15.2. The molecule has 0 atom stereocenters. The van der Waals surface area contributed by atoms with E-state index < -0.39 is 5.95 Å². The summed E-state index contributed by atoms with van der Waals surface area (Å²) >= 11 is 5.16. The quantitative estimate of drug-likeness (QED) is 0.559. The Bertz CT molecular complexity index is 603. The maximum absolute atomic E-state index is 11.9. The summed E-state index contributed by atoms with van der Waals surface area (Å²) in [6, 6.07) is 9.19. The number of para-hydroxylation sites is 1. The van der Waals surface area contributed by atoms with Crippen LogP contribution < -0.4 is 15.1 Å². The number of hydrogen-bond donors (Lipinski definition) is 2. The Morgan fingerprint density at radius 3 is 2.81 bits per heavy atom. The van der Waals surface area contributed by atoms with Crippen LogP contribution >= 0.6 is 12.2 Å². The second kappa shape index (κ2) is 7.00. The molecule has 1 aromatic heterocycles. The zero-order valence-electron chi connectivity index (χ0n) is 11.5. The number of nitrogens with one attached hydrogen (secondary N) is 1. The van der Waals surface area contributed by atoms with E-state index in [4.69, 9.17) is 21.8 Å². The summed E-state index contributed by atoms with van der Waals surface area (Å²) in [5, 5.41) is 28.0. The van der Waals surface area contributed by atoms with Crippen LogP contribution in [0.1, 0.15) is 5.69 Å². The lowest BCUT2D eigenvalue weighted by Gasteiger charge is -2.22. The van der Waals surface area contributed by atoms with Gasteiger partial charge in [0.15, 0.2) is 11.1 Å². The molecule has 0 unspecified atom stereocenters. The van der Waals surface area contributed by atoms with Gasteiger partial charge < -0.3 is 25.0 Å². The molecule has 0 spiro atoms. The molecule has 1 heterocycles. The highest BCUT2D eigenvalue weighted by Crippen LogP contribution is 2.13. The molecular formula is C13H16N4O3S. The van der Waals surface area contributed by atoms with Crippen LogP contribution in [0, 0.1) is 0 Å². The molecule has 2 aromatic rings. The Hall–Kier alpha value is -2.19. The Kier molecular flexibility index (Phi) is 5.07. The van der Waals surface area contributed by atoms with Crippen LogP contribution in [0.5, 0.6) is 5.95 Å². The maximum Gasteiger partial charge on any atom is 0.259 e. The molecule has 2 N–H and O–H groups in total. The number of aliphatic hydroxyl groups excluding tert-OH is 1. The molecular weight excluding hydrogens is 292 g/mol. The van der Waals surface area contributed by atoms with Crippen LogP contribution in [0.4, 0.5) is 0 Å². The summed E-state index contributed by atoms with van der Waals surface area (Å²) in [6.07, 6.45) is 0. The molecule has 2 rings (SSSR count). The molecule has 0 fully saturated rings. The smallest absolute Gasteiger partial charge is 0.259 e. The molecule has 7 nitrogen and oxygen atoms in total. The first kappa shape index (κ1) is 15.2. The van der Waals surface area contributed by atoms with Crippen molar-refractivity contribution in [1.82, 2.24) is 15.5 Å². The van der Waals surface area contributed by atoms with E-state index in [2.05, 4.69) is 10.6 Å². The number of aromatic nitrogens is 2. The third-order valence-electron chi connectivity index (χ3n) is 2.91. The summed E-state index contributed by atoms with van der Waals surface area (Å²) < 4.78 is 6.18. The van der Waals surface area contributed by atoms with Gasteiger partial charge in [-0.25, -0.2) is 0 Å². The molecule has 8 heteroatoms. The monoisotopic (exact) mass is 308 g/mol. The highest BCUT2D eigenvalue weighted by molar-refractivity contribution is 7.80. The summed E-state index contributed by atoms with van der Waals surface area (Å²) in [7, 11) is 1.68. The molecule has 112 valence electrons. The van der Waals surface area contributed by atoms with Gasteiger partial charge in [0.25, 0.3) is 5.69 Å². The molecule has 0 saturated heterocycles. The number of aliphatic hydroxyl groups is 1. The molecule has 0 aliphatic heterocycles. The van der Waals surface area contributed by atoms with E-state index in [1.165, 1.54) is 4.68 Å². The SMILES string of the molecule is CNC(=S)N(CCO)Cc1c([O-])on[n+]1-c1ccccc1. The average Bonchev–Trinajstić information content (AvgIpc) is 2.88. The third-order valence-corrected chi connectivity index (χ3v) is 3.37. The minimum absolute atomic E-state index is 0.0768. The van der Waals surface area contributed by atoms with E-state index in [0.717, 1.165) is 5.69 Å². The van der Waals surface area contributed by atoms with Crippen molar-refractivity contribution < 1.29 is 19.4 Å². The van der Waals surface area contributed by atoms with Crippen LogP contribution in [-0.4, -0.2) is 40.6 Å². The molecule has 0 amide bonds. The van der Waals surface area contributed by atoms with Gasteiger partial charge in [0.05, 0.1) is 11.9 Å². The summed E-state index contributed by atoms with van der Waals surface area (Å²) in [5.41, 5.74) is 1.06. The number of nitrogens with zero attached hydrogens (tertiary/aromatic N) is 3. The normalized spacial score (nSPS) is 10.4. The summed E-state index contributed by atoms with van der Waals surface area (Å²) in [6.45, 7) is 0.420. The van der Waals surface area contributed by atoms with E-state index in [1.807, 2.05) is 30.3 Å². The van der Waals surface area contributed by atoms with Gasteiger partial charge in [-0.05, 0) is 16.9 Å².